The topological polar surface area (TPSA) is 106 Å². The highest BCUT2D eigenvalue weighted by Crippen LogP contribution is 2.47. The van der Waals surface area contributed by atoms with Crippen molar-refractivity contribution in [1.29, 1.82) is 0 Å². The fraction of sp³-hybridized carbons (Fsp3) is 0.385. The molecule has 1 aromatic rings. The molecule has 0 unspecified atom stereocenters. The first-order valence-electron chi connectivity index (χ1n) is 6.41. The summed E-state index contributed by atoms with van der Waals surface area (Å²) in [6.07, 6.45) is 2.68. The van der Waals surface area contributed by atoms with Crippen LogP contribution in [0.1, 0.15) is 13.3 Å². The minimum atomic E-state index is -1.40. The summed E-state index contributed by atoms with van der Waals surface area (Å²) in [5.41, 5.74) is -0.126. The SMILES string of the molecule is C[C@@H](O)[C@H]1C(=O)N2C(C(=O)[O-])=C(Sc3ncccn3)C[C@H]12. The van der Waals surface area contributed by atoms with Crippen LogP contribution < -0.4 is 5.11 Å². The quantitative estimate of drug-likeness (QED) is 0.570. The van der Waals surface area contributed by atoms with Crippen LogP contribution in [0.4, 0.5) is 0 Å². The zero-order chi connectivity index (χ0) is 15.1. The number of hydrogen-bond acceptors (Lipinski definition) is 7. The molecular formula is C13H12N3O4S-. The van der Waals surface area contributed by atoms with Crippen LogP contribution in [0.3, 0.4) is 0 Å². The molecule has 1 saturated heterocycles. The van der Waals surface area contributed by atoms with Crippen LogP contribution in [0.15, 0.2) is 34.2 Å². The molecule has 1 fully saturated rings. The van der Waals surface area contributed by atoms with E-state index in [0.29, 0.717) is 16.5 Å². The molecule has 0 radical (unpaired) electrons. The van der Waals surface area contributed by atoms with E-state index in [0.717, 1.165) is 11.8 Å². The number of aromatic nitrogens is 2. The van der Waals surface area contributed by atoms with Gasteiger partial charge < -0.3 is 19.9 Å². The molecule has 0 spiro atoms. The normalized spacial score (nSPS) is 25.6. The average Bonchev–Trinajstić information content (AvgIpc) is 2.74. The number of rotatable bonds is 4. The zero-order valence-corrected chi connectivity index (χ0v) is 11.9. The molecule has 110 valence electrons. The van der Waals surface area contributed by atoms with E-state index in [1.165, 1.54) is 11.8 Å². The molecule has 1 N–H and O–H groups in total. The van der Waals surface area contributed by atoms with Gasteiger partial charge in [-0.2, -0.15) is 0 Å². The van der Waals surface area contributed by atoms with Gasteiger partial charge in [-0.1, -0.05) is 11.8 Å². The number of amides is 1. The second kappa shape index (κ2) is 5.12. The molecule has 0 aliphatic carbocycles. The Kier molecular flexibility index (Phi) is 3.42. The number of aliphatic carboxylic acids is 1. The summed E-state index contributed by atoms with van der Waals surface area (Å²) < 4.78 is 0. The molecule has 2 aliphatic heterocycles. The molecule has 0 saturated carbocycles. The number of hydrogen-bond donors (Lipinski definition) is 1. The van der Waals surface area contributed by atoms with Crippen LogP contribution in [0.25, 0.3) is 0 Å². The fourth-order valence-electron chi connectivity index (χ4n) is 2.76. The third-order valence-corrected chi connectivity index (χ3v) is 4.64. The number of aliphatic hydroxyl groups excluding tert-OH is 1. The van der Waals surface area contributed by atoms with Crippen molar-refractivity contribution in [3.05, 3.63) is 29.1 Å². The molecule has 0 aromatic carbocycles. The van der Waals surface area contributed by atoms with Crippen molar-refractivity contribution in [1.82, 2.24) is 14.9 Å². The summed E-state index contributed by atoms with van der Waals surface area (Å²) in [6.45, 7) is 1.53. The molecule has 2 aliphatic rings. The van der Waals surface area contributed by atoms with Crippen LogP contribution in [0.5, 0.6) is 0 Å². The summed E-state index contributed by atoms with van der Waals surface area (Å²) in [7, 11) is 0. The maximum absolute atomic E-state index is 12.0. The van der Waals surface area contributed by atoms with Gasteiger partial charge in [0.05, 0.1) is 29.7 Å². The lowest BCUT2D eigenvalue weighted by Gasteiger charge is -2.45. The number of nitrogens with zero attached hydrogens (tertiary/aromatic N) is 3. The predicted molar refractivity (Wildman–Crippen MR) is 70.3 cm³/mol. The Balaban J connectivity index is 1.89. The van der Waals surface area contributed by atoms with Crippen molar-refractivity contribution in [2.75, 3.05) is 0 Å². The Labute approximate surface area is 124 Å². The van der Waals surface area contributed by atoms with E-state index in [9.17, 15) is 19.8 Å². The van der Waals surface area contributed by atoms with Gasteiger partial charge in [0.15, 0.2) is 5.16 Å². The Morgan fingerprint density at radius 1 is 1.52 bits per heavy atom. The summed E-state index contributed by atoms with van der Waals surface area (Å²) >= 11 is 1.11. The highest BCUT2D eigenvalue weighted by atomic mass is 32.2. The molecule has 3 atom stereocenters. The molecule has 1 aromatic heterocycles. The number of carboxylic acids is 1. The van der Waals surface area contributed by atoms with Crippen molar-refractivity contribution < 1.29 is 19.8 Å². The first-order chi connectivity index (χ1) is 10.0. The minimum absolute atomic E-state index is 0.126. The van der Waals surface area contributed by atoms with Gasteiger partial charge in [0.25, 0.3) is 0 Å². The third kappa shape index (κ3) is 2.20. The Morgan fingerprint density at radius 2 is 2.19 bits per heavy atom. The number of carboxylic acid groups (broad SMARTS) is 1. The van der Waals surface area contributed by atoms with Crippen molar-refractivity contribution in [2.45, 2.75) is 30.6 Å². The third-order valence-electron chi connectivity index (χ3n) is 3.64. The number of aliphatic hydroxyl groups is 1. The summed E-state index contributed by atoms with van der Waals surface area (Å²) in [6, 6.07) is 1.34. The van der Waals surface area contributed by atoms with Gasteiger partial charge in [-0.3, -0.25) is 4.79 Å². The highest BCUT2D eigenvalue weighted by molar-refractivity contribution is 8.03. The van der Waals surface area contributed by atoms with Gasteiger partial charge in [-0.25, -0.2) is 9.97 Å². The molecule has 3 heterocycles. The number of fused-ring (bicyclic) bond motifs is 1. The number of carbonyl (C=O) groups excluding carboxylic acids is 2. The van der Waals surface area contributed by atoms with Gasteiger partial charge in [-0.15, -0.1) is 0 Å². The van der Waals surface area contributed by atoms with E-state index >= 15 is 0 Å². The Hall–Kier alpha value is -1.93. The van der Waals surface area contributed by atoms with Gasteiger partial charge in [0.2, 0.25) is 5.91 Å². The van der Waals surface area contributed by atoms with Gasteiger partial charge in [-0.05, 0) is 13.0 Å². The largest absolute Gasteiger partial charge is 0.543 e. The van der Waals surface area contributed by atoms with Crippen LogP contribution in [0, 0.1) is 5.92 Å². The lowest BCUT2D eigenvalue weighted by molar-refractivity contribution is -0.301. The number of β-lactam (4-membered cyclic amide) rings is 1. The number of thioether (sulfide) groups is 1. The second-order valence-corrected chi connectivity index (χ2v) is 6.00. The predicted octanol–water partition coefficient (Wildman–Crippen LogP) is -0.858. The summed E-state index contributed by atoms with van der Waals surface area (Å²) in [5, 5.41) is 21.4. The maximum atomic E-state index is 12.0. The van der Waals surface area contributed by atoms with Gasteiger partial charge >= 0.3 is 0 Å². The van der Waals surface area contributed by atoms with E-state index in [2.05, 4.69) is 9.97 Å². The lowest BCUT2D eigenvalue weighted by Crippen LogP contribution is -2.62. The molecule has 8 heteroatoms. The van der Waals surface area contributed by atoms with Crippen LogP contribution in [0.2, 0.25) is 0 Å². The monoisotopic (exact) mass is 306 g/mol. The standard InChI is InChI=1S/C13H13N3O4S/c1-6(17)9-7-5-8(21-13-14-3-2-4-15-13)10(12(19)20)16(7)11(9)18/h2-4,6-7,9,17H,5H2,1H3,(H,19,20)/p-1/t6-,7-,9-/m1/s1. The minimum Gasteiger partial charge on any atom is -0.543 e. The first kappa shape index (κ1) is 14.0. The van der Waals surface area contributed by atoms with Crippen LogP contribution in [-0.2, 0) is 9.59 Å². The maximum Gasteiger partial charge on any atom is 0.235 e. The van der Waals surface area contributed by atoms with Crippen molar-refractivity contribution in [3.8, 4) is 0 Å². The van der Waals surface area contributed by atoms with E-state index < -0.39 is 18.0 Å². The van der Waals surface area contributed by atoms with E-state index in [1.54, 1.807) is 18.5 Å². The van der Waals surface area contributed by atoms with E-state index in [4.69, 9.17) is 0 Å². The molecule has 1 amide bonds. The highest BCUT2D eigenvalue weighted by Gasteiger charge is 2.55. The van der Waals surface area contributed by atoms with Crippen LogP contribution in [-0.4, -0.2) is 44.0 Å². The molecule has 21 heavy (non-hydrogen) atoms. The smallest absolute Gasteiger partial charge is 0.235 e. The number of carbonyl (C=O) groups is 2. The Morgan fingerprint density at radius 3 is 2.76 bits per heavy atom. The molecular weight excluding hydrogens is 294 g/mol. The molecule has 0 bridgehead atoms. The van der Waals surface area contributed by atoms with E-state index in [1.807, 2.05) is 0 Å². The second-order valence-electron chi connectivity index (χ2n) is 4.94. The summed E-state index contributed by atoms with van der Waals surface area (Å²) in [4.78, 5) is 33.1. The first-order valence-corrected chi connectivity index (χ1v) is 7.23. The van der Waals surface area contributed by atoms with Gasteiger partial charge in [0, 0.05) is 23.7 Å². The average molecular weight is 306 g/mol. The van der Waals surface area contributed by atoms with Crippen molar-refractivity contribution in [3.63, 3.8) is 0 Å². The van der Waals surface area contributed by atoms with Crippen molar-refractivity contribution in [2.24, 2.45) is 5.92 Å². The fourth-order valence-corrected chi connectivity index (χ4v) is 3.74. The Bertz CT molecular complexity index is 632. The summed E-state index contributed by atoms with van der Waals surface area (Å²) in [5.74, 6) is -2.33. The van der Waals surface area contributed by atoms with Crippen LogP contribution >= 0.6 is 11.8 Å². The van der Waals surface area contributed by atoms with Gasteiger partial charge in [0.1, 0.15) is 0 Å². The lowest BCUT2D eigenvalue weighted by atomic mass is 9.83. The van der Waals surface area contributed by atoms with E-state index in [-0.39, 0.29) is 17.6 Å². The van der Waals surface area contributed by atoms with Crippen molar-refractivity contribution >= 4 is 23.6 Å². The molecule has 7 nitrogen and oxygen atoms in total. The molecule has 3 rings (SSSR count). The zero-order valence-electron chi connectivity index (χ0n) is 11.1.